The van der Waals surface area contributed by atoms with Gasteiger partial charge in [0.15, 0.2) is 5.13 Å². The number of thiazole rings is 1. The van der Waals surface area contributed by atoms with Crippen LogP contribution in [0.3, 0.4) is 0 Å². The zero-order chi connectivity index (χ0) is 22.2. The zero-order valence-electron chi connectivity index (χ0n) is 17.1. The molecule has 1 aromatic heterocycles. The highest BCUT2D eigenvalue weighted by Gasteiger charge is 2.33. The third-order valence-electron chi connectivity index (χ3n) is 5.44. The molecule has 10 heteroatoms. The first kappa shape index (κ1) is 22.5. The number of piperidine rings is 1. The number of aromatic nitrogens is 1. The number of rotatable bonds is 5. The van der Waals surface area contributed by atoms with Crippen molar-refractivity contribution in [1.82, 2.24) is 9.29 Å². The van der Waals surface area contributed by atoms with E-state index in [1.165, 1.54) is 27.4 Å². The number of sulfonamides is 1. The van der Waals surface area contributed by atoms with Crippen molar-refractivity contribution in [3.63, 3.8) is 0 Å². The molecule has 4 rings (SSSR count). The van der Waals surface area contributed by atoms with Gasteiger partial charge in [-0.1, -0.05) is 41.1 Å². The normalized spacial score (nSPS) is 16.0. The van der Waals surface area contributed by atoms with Crippen LogP contribution in [0.5, 0.6) is 0 Å². The van der Waals surface area contributed by atoms with Gasteiger partial charge in [-0.3, -0.25) is 4.79 Å². The summed E-state index contributed by atoms with van der Waals surface area (Å²) in [4.78, 5) is 18.4. The van der Waals surface area contributed by atoms with Gasteiger partial charge in [0.25, 0.3) is 0 Å². The van der Waals surface area contributed by atoms with Crippen molar-refractivity contribution in [1.29, 1.82) is 0 Å². The highest BCUT2D eigenvalue weighted by molar-refractivity contribution is 7.99. The fourth-order valence-electron chi connectivity index (χ4n) is 3.69. The molecule has 1 aliphatic heterocycles. The van der Waals surface area contributed by atoms with Crippen LogP contribution in [-0.2, 0) is 14.8 Å². The number of aryl methyl sites for hydroxylation is 1. The molecule has 0 spiro atoms. The lowest BCUT2D eigenvalue weighted by Gasteiger charge is -2.30. The van der Waals surface area contributed by atoms with Crippen molar-refractivity contribution >= 4 is 66.0 Å². The molecule has 2 aromatic carbocycles. The molecule has 0 aliphatic carbocycles. The number of anilines is 1. The summed E-state index contributed by atoms with van der Waals surface area (Å²) in [5, 5.41) is 4.03. The average molecular weight is 496 g/mol. The van der Waals surface area contributed by atoms with E-state index < -0.39 is 10.0 Å². The monoisotopic (exact) mass is 495 g/mol. The number of nitrogens with one attached hydrogen (secondary N) is 1. The van der Waals surface area contributed by atoms with Gasteiger partial charge in [-0.2, -0.15) is 4.31 Å². The van der Waals surface area contributed by atoms with E-state index in [1.807, 2.05) is 37.4 Å². The van der Waals surface area contributed by atoms with Crippen LogP contribution in [0.4, 0.5) is 5.13 Å². The Labute approximate surface area is 195 Å². The van der Waals surface area contributed by atoms with E-state index in [9.17, 15) is 13.2 Å². The Morgan fingerprint density at radius 2 is 1.94 bits per heavy atom. The predicted octanol–water partition coefficient (Wildman–Crippen LogP) is 5.02. The third kappa shape index (κ3) is 4.47. The highest BCUT2D eigenvalue weighted by atomic mass is 35.5. The molecule has 6 nitrogen and oxygen atoms in total. The molecule has 0 unspecified atom stereocenters. The molecule has 0 atom stereocenters. The topological polar surface area (TPSA) is 79.4 Å². The van der Waals surface area contributed by atoms with E-state index in [0.29, 0.717) is 41.0 Å². The van der Waals surface area contributed by atoms with Crippen molar-refractivity contribution < 1.29 is 13.2 Å². The molecule has 1 aliphatic rings. The fraction of sp³-hybridized carbons (Fsp3) is 0.333. The Morgan fingerprint density at radius 1 is 1.23 bits per heavy atom. The van der Waals surface area contributed by atoms with Gasteiger partial charge in [0.1, 0.15) is 0 Å². The number of nitrogens with zero attached hydrogens (tertiary/aromatic N) is 2. The maximum absolute atomic E-state index is 13.1. The predicted molar refractivity (Wildman–Crippen MR) is 128 cm³/mol. The van der Waals surface area contributed by atoms with Crippen molar-refractivity contribution in [2.75, 3.05) is 24.7 Å². The molecule has 0 radical (unpaired) electrons. The Hall–Kier alpha value is -1.65. The van der Waals surface area contributed by atoms with E-state index in [0.717, 1.165) is 20.7 Å². The summed E-state index contributed by atoms with van der Waals surface area (Å²) in [7, 11) is -3.58. The van der Waals surface area contributed by atoms with Crippen LogP contribution in [0.25, 0.3) is 10.2 Å². The molecule has 31 heavy (non-hydrogen) atoms. The lowest BCUT2D eigenvalue weighted by molar-refractivity contribution is -0.120. The van der Waals surface area contributed by atoms with Gasteiger partial charge >= 0.3 is 0 Å². The Balaban J connectivity index is 1.43. The van der Waals surface area contributed by atoms with Gasteiger partial charge in [-0.15, -0.1) is 11.8 Å². The van der Waals surface area contributed by atoms with Crippen LogP contribution in [0.1, 0.15) is 18.4 Å². The van der Waals surface area contributed by atoms with E-state index in [-0.39, 0.29) is 11.8 Å². The SMILES string of the molecule is CSc1ccccc1S(=O)(=O)N1CCC(C(=O)Nc2nc3c(C)ccc(Cl)c3s2)CC1. The summed E-state index contributed by atoms with van der Waals surface area (Å²) in [6.07, 6.45) is 2.80. The molecule has 0 saturated carbocycles. The molecule has 1 N–H and O–H groups in total. The second-order valence-electron chi connectivity index (χ2n) is 7.38. The quantitative estimate of drug-likeness (QED) is 0.503. The minimum absolute atomic E-state index is 0.130. The van der Waals surface area contributed by atoms with E-state index >= 15 is 0 Å². The number of carbonyl (C=O) groups is 1. The van der Waals surface area contributed by atoms with Crippen molar-refractivity contribution in [2.45, 2.75) is 29.6 Å². The molecule has 1 fully saturated rings. The molecular weight excluding hydrogens is 474 g/mol. The fourth-order valence-corrected chi connectivity index (χ4v) is 7.50. The number of hydrogen-bond acceptors (Lipinski definition) is 6. The Kier molecular flexibility index (Phi) is 6.60. The first-order valence-electron chi connectivity index (χ1n) is 9.81. The van der Waals surface area contributed by atoms with Crippen LogP contribution >= 0.6 is 34.7 Å². The van der Waals surface area contributed by atoms with Crippen LogP contribution in [0.15, 0.2) is 46.2 Å². The van der Waals surface area contributed by atoms with Gasteiger partial charge in [0.05, 0.1) is 20.1 Å². The van der Waals surface area contributed by atoms with Crippen LogP contribution in [-0.4, -0.2) is 43.0 Å². The molecule has 1 amide bonds. The van der Waals surface area contributed by atoms with Gasteiger partial charge < -0.3 is 5.32 Å². The first-order chi connectivity index (χ1) is 14.8. The second-order valence-corrected chi connectivity index (χ2v) is 11.5. The molecular formula is C21H22ClN3O3S3. The number of amides is 1. The number of carbonyl (C=O) groups excluding carboxylic acids is 1. The maximum atomic E-state index is 13.1. The smallest absolute Gasteiger partial charge is 0.244 e. The number of thioether (sulfide) groups is 1. The number of halogens is 1. The number of hydrogen-bond donors (Lipinski definition) is 1. The summed E-state index contributed by atoms with van der Waals surface area (Å²) in [6, 6.07) is 10.7. The molecule has 1 saturated heterocycles. The van der Waals surface area contributed by atoms with Gasteiger partial charge in [-0.25, -0.2) is 13.4 Å². The summed E-state index contributed by atoms with van der Waals surface area (Å²) < 4.78 is 28.5. The van der Waals surface area contributed by atoms with Crippen molar-refractivity contribution in [2.24, 2.45) is 5.92 Å². The summed E-state index contributed by atoms with van der Waals surface area (Å²) in [5.41, 5.74) is 1.79. The maximum Gasteiger partial charge on any atom is 0.244 e. The lowest BCUT2D eigenvalue weighted by atomic mass is 9.97. The average Bonchev–Trinajstić information content (AvgIpc) is 3.21. The summed E-state index contributed by atoms with van der Waals surface area (Å²) >= 11 is 9.02. The molecule has 0 bridgehead atoms. The Bertz CT molecular complexity index is 1200. The standard InChI is InChI=1S/C21H22ClN3O3S3/c1-13-7-8-15(22)19-18(13)23-21(30-19)24-20(26)14-9-11-25(12-10-14)31(27,28)17-6-4-3-5-16(17)29-2/h3-8,14H,9-12H2,1-2H3,(H,23,24,26). The number of benzene rings is 2. The minimum Gasteiger partial charge on any atom is -0.302 e. The number of fused-ring (bicyclic) bond motifs is 1. The van der Waals surface area contributed by atoms with E-state index in [1.54, 1.807) is 12.1 Å². The summed E-state index contributed by atoms with van der Waals surface area (Å²) in [5.74, 6) is -0.389. The van der Waals surface area contributed by atoms with Crippen LogP contribution in [0, 0.1) is 12.8 Å². The second kappa shape index (κ2) is 9.07. The van der Waals surface area contributed by atoms with Crippen molar-refractivity contribution in [3.8, 4) is 0 Å². The van der Waals surface area contributed by atoms with Crippen LogP contribution < -0.4 is 5.32 Å². The van der Waals surface area contributed by atoms with Gasteiger partial charge in [-0.05, 0) is 49.8 Å². The third-order valence-corrected chi connectivity index (χ3v) is 9.75. The zero-order valence-corrected chi connectivity index (χ0v) is 20.3. The minimum atomic E-state index is -3.58. The molecule has 3 aromatic rings. The molecule has 2 heterocycles. The van der Waals surface area contributed by atoms with Gasteiger partial charge in [0.2, 0.25) is 15.9 Å². The Morgan fingerprint density at radius 3 is 2.61 bits per heavy atom. The van der Waals surface area contributed by atoms with E-state index in [4.69, 9.17) is 11.6 Å². The largest absolute Gasteiger partial charge is 0.302 e. The van der Waals surface area contributed by atoms with Crippen LogP contribution in [0.2, 0.25) is 5.02 Å². The van der Waals surface area contributed by atoms with Gasteiger partial charge in [0, 0.05) is 23.9 Å². The van der Waals surface area contributed by atoms with E-state index in [2.05, 4.69) is 10.3 Å². The molecule has 164 valence electrons. The van der Waals surface area contributed by atoms with Crippen molar-refractivity contribution in [3.05, 3.63) is 47.0 Å². The highest BCUT2D eigenvalue weighted by Crippen LogP contribution is 2.35. The first-order valence-corrected chi connectivity index (χ1v) is 13.7. The summed E-state index contributed by atoms with van der Waals surface area (Å²) in [6.45, 7) is 2.58. The lowest BCUT2D eigenvalue weighted by Crippen LogP contribution is -2.41.